The summed E-state index contributed by atoms with van der Waals surface area (Å²) in [7, 11) is 0. The molecule has 1 fully saturated rings. The number of non-ortho nitro benzene ring substituents is 1. The van der Waals surface area contributed by atoms with Crippen LogP contribution in [0.25, 0.3) is 11.3 Å². The minimum Gasteiger partial charge on any atom is -0.352 e. The van der Waals surface area contributed by atoms with Crippen LogP contribution in [0.2, 0.25) is 0 Å². The molecular formula is C14H14N4O3. The van der Waals surface area contributed by atoms with Gasteiger partial charge >= 0.3 is 0 Å². The number of nitrogens with zero attached hydrogens (tertiary/aromatic N) is 2. The van der Waals surface area contributed by atoms with Crippen LogP contribution >= 0.6 is 0 Å². The predicted octanol–water partition coefficient (Wildman–Crippen LogP) is 2.12. The first-order valence-corrected chi connectivity index (χ1v) is 6.71. The van der Waals surface area contributed by atoms with Crippen LogP contribution < -0.4 is 5.32 Å². The average molecular weight is 286 g/mol. The van der Waals surface area contributed by atoms with Crippen LogP contribution in [-0.2, 0) is 0 Å². The largest absolute Gasteiger partial charge is 0.352 e. The summed E-state index contributed by atoms with van der Waals surface area (Å²) in [5, 5.41) is 20.2. The zero-order valence-corrected chi connectivity index (χ0v) is 11.2. The van der Waals surface area contributed by atoms with Crippen LogP contribution in [-0.4, -0.2) is 27.6 Å². The van der Waals surface area contributed by atoms with Crippen LogP contribution in [0.15, 0.2) is 30.5 Å². The summed E-state index contributed by atoms with van der Waals surface area (Å²) in [6.45, 7) is 0.684. The van der Waals surface area contributed by atoms with Crippen molar-refractivity contribution in [3.8, 4) is 11.3 Å². The molecule has 1 heterocycles. The van der Waals surface area contributed by atoms with Crippen LogP contribution in [0.4, 0.5) is 5.69 Å². The number of hydrogen-bond donors (Lipinski definition) is 2. The first-order chi connectivity index (χ1) is 10.1. The molecule has 2 aromatic rings. The normalized spacial score (nSPS) is 13.9. The van der Waals surface area contributed by atoms with E-state index < -0.39 is 4.92 Å². The standard InChI is InChI=1S/C14H14N4O3/c19-14(15-7-9-1-2-9)12-8-16-17-13(12)10-3-5-11(6-4-10)18(20)21/h3-6,8-9H,1-2,7H2,(H,15,19)(H,16,17). The Morgan fingerprint density at radius 1 is 1.38 bits per heavy atom. The van der Waals surface area contributed by atoms with Gasteiger partial charge in [-0.25, -0.2) is 0 Å². The molecule has 108 valence electrons. The molecular weight excluding hydrogens is 272 g/mol. The third-order valence-corrected chi connectivity index (χ3v) is 3.50. The Labute approximate surface area is 120 Å². The number of hydrogen-bond acceptors (Lipinski definition) is 4. The molecule has 1 aromatic heterocycles. The summed E-state index contributed by atoms with van der Waals surface area (Å²) in [6.07, 6.45) is 3.81. The smallest absolute Gasteiger partial charge is 0.269 e. The molecule has 1 aromatic carbocycles. The maximum absolute atomic E-state index is 12.1. The zero-order chi connectivity index (χ0) is 14.8. The Bertz CT molecular complexity index is 674. The van der Waals surface area contributed by atoms with Gasteiger partial charge in [0.1, 0.15) is 0 Å². The van der Waals surface area contributed by atoms with Gasteiger partial charge < -0.3 is 5.32 Å². The second-order valence-corrected chi connectivity index (χ2v) is 5.12. The van der Waals surface area contributed by atoms with Gasteiger partial charge in [-0.3, -0.25) is 20.0 Å². The molecule has 0 aliphatic heterocycles. The SMILES string of the molecule is O=C(NCC1CC1)c1cn[nH]c1-c1ccc([N+](=O)[O-])cc1. The molecule has 0 spiro atoms. The van der Waals surface area contributed by atoms with Gasteiger partial charge in [-0.2, -0.15) is 5.10 Å². The Morgan fingerprint density at radius 3 is 2.71 bits per heavy atom. The Balaban J connectivity index is 1.80. The molecule has 3 rings (SSSR count). The Morgan fingerprint density at radius 2 is 2.10 bits per heavy atom. The minimum atomic E-state index is -0.458. The summed E-state index contributed by atoms with van der Waals surface area (Å²) in [6, 6.07) is 6.01. The highest BCUT2D eigenvalue weighted by Gasteiger charge is 2.23. The summed E-state index contributed by atoms with van der Waals surface area (Å²) >= 11 is 0. The van der Waals surface area contributed by atoms with E-state index in [1.165, 1.54) is 31.2 Å². The zero-order valence-electron chi connectivity index (χ0n) is 11.2. The number of carbonyl (C=O) groups excluding carboxylic acids is 1. The van der Waals surface area contributed by atoms with Gasteiger partial charge in [-0.1, -0.05) is 0 Å². The van der Waals surface area contributed by atoms with Gasteiger partial charge in [0.15, 0.2) is 0 Å². The number of benzene rings is 1. The van der Waals surface area contributed by atoms with Crippen LogP contribution in [0.1, 0.15) is 23.2 Å². The van der Waals surface area contributed by atoms with Crippen molar-refractivity contribution in [3.05, 3.63) is 46.1 Å². The maximum Gasteiger partial charge on any atom is 0.269 e. The third-order valence-electron chi connectivity index (χ3n) is 3.50. The molecule has 2 N–H and O–H groups in total. The van der Waals surface area contributed by atoms with Gasteiger partial charge in [0.2, 0.25) is 0 Å². The fourth-order valence-corrected chi connectivity index (χ4v) is 2.08. The summed E-state index contributed by atoms with van der Waals surface area (Å²) < 4.78 is 0. The molecule has 1 saturated carbocycles. The summed E-state index contributed by atoms with van der Waals surface area (Å²) in [4.78, 5) is 22.3. The summed E-state index contributed by atoms with van der Waals surface area (Å²) in [5.74, 6) is 0.424. The minimum absolute atomic E-state index is 0.0120. The Hall–Kier alpha value is -2.70. The van der Waals surface area contributed by atoms with E-state index in [0.717, 1.165) is 0 Å². The van der Waals surface area contributed by atoms with Crippen LogP contribution in [0.5, 0.6) is 0 Å². The van der Waals surface area contributed by atoms with Crippen molar-refractivity contribution in [3.63, 3.8) is 0 Å². The van der Waals surface area contributed by atoms with Crippen molar-refractivity contribution in [1.82, 2.24) is 15.5 Å². The third kappa shape index (κ3) is 2.91. The van der Waals surface area contributed by atoms with E-state index in [4.69, 9.17) is 0 Å². The lowest BCUT2D eigenvalue weighted by Gasteiger charge is -2.05. The molecule has 1 aliphatic rings. The van der Waals surface area contributed by atoms with Gasteiger partial charge in [0.05, 0.1) is 22.4 Å². The number of aromatic nitrogens is 2. The van der Waals surface area contributed by atoms with Gasteiger partial charge in [-0.05, 0) is 30.9 Å². The topological polar surface area (TPSA) is 101 Å². The second kappa shape index (κ2) is 5.35. The quantitative estimate of drug-likeness (QED) is 0.649. The lowest BCUT2D eigenvalue weighted by atomic mass is 10.1. The van der Waals surface area contributed by atoms with Gasteiger partial charge in [0, 0.05) is 24.2 Å². The molecule has 7 nitrogen and oxygen atoms in total. The van der Waals surface area contributed by atoms with E-state index in [2.05, 4.69) is 15.5 Å². The second-order valence-electron chi connectivity index (χ2n) is 5.12. The molecule has 21 heavy (non-hydrogen) atoms. The molecule has 0 unspecified atom stereocenters. The summed E-state index contributed by atoms with van der Waals surface area (Å²) in [5.41, 5.74) is 1.72. The monoisotopic (exact) mass is 286 g/mol. The van der Waals surface area contributed by atoms with E-state index in [1.807, 2.05) is 0 Å². The van der Waals surface area contributed by atoms with Crippen molar-refractivity contribution in [2.75, 3.05) is 6.54 Å². The molecule has 0 saturated heterocycles. The van der Waals surface area contributed by atoms with Crippen LogP contribution in [0.3, 0.4) is 0 Å². The van der Waals surface area contributed by atoms with Crippen molar-refractivity contribution in [2.45, 2.75) is 12.8 Å². The Kier molecular flexibility index (Phi) is 3.39. The number of nitrogens with one attached hydrogen (secondary N) is 2. The van der Waals surface area contributed by atoms with Crippen molar-refractivity contribution in [1.29, 1.82) is 0 Å². The molecule has 1 amide bonds. The van der Waals surface area contributed by atoms with Crippen LogP contribution in [0, 0.1) is 16.0 Å². The lowest BCUT2D eigenvalue weighted by molar-refractivity contribution is -0.384. The highest BCUT2D eigenvalue weighted by atomic mass is 16.6. The predicted molar refractivity (Wildman–Crippen MR) is 75.7 cm³/mol. The van der Waals surface area contributed by atoms with E-state index >= 15 is 0 Å². The number of amides is 1. The molecule has 0 bridgehead atoms. The maximum atomic E-state index is 12.1. The number of rotatable bonds is 5. The molecule has 7 heteroatoms. The highest BCUT2D eigenvalue weighted by Crippen LogP contribution is 2.28. The fourth-order valence-electron chi connectivity index (χ4n) is 2.08. The number of nitro groups is 1. The first-order valence-electron chi connectivity index (χ1n) is 6.71. The first kappa shape index (κ1) is 13.3. The lowest BCUT2D eigenvalue weighted by Crippen LogP contribution is -2.25. The fraction of sp³-hybridized carbons (Fsp3) is 0.286. The molecule has 1 aliphatic carbocycles. The molecule has 0 radical (unpaired) electrons. The van der Waals surface area contributed by atoms with E-state index in [0.29, 0.717) is 29.3 Å². The van der Waals surface area contributed by atoms with Gasteiger partial charge in [0.25, 0.3) is 11.6 Å². The number of carbonyl (C=O) groups is 1. The van der Waals surface area contributed by atoms with E-state index in [9.17, 15) is 14.9 Å². The highest BCUT2D eigenvalue weighted by molar-refractivity contribution is 5.99. The van der Waals surface area contributed by atoms with Gasteiger partial charge in [-0.15, -0.1) is 0 Å². The number of aromatic amines is 1. The van der Waals surface area contributed by atoms with Crippen molar-refractivity contribution >= 4 is 11.6 Å². The molecule has 0 atom stereocenters. The van der Waals surface area contributed by atoms with E-state index in [1.54, 1.807) is 12.1 Å². The number of nitro benzene ring substituents is 1. The van der Waals surface area contributed by atoms with Crippen molar-refractivity contribution in [2.24, 2.45) is 5.92 Å². The van der Waals surface area contributed by atoms with Crippen molar-refractivity contribution < 1.29 is 9.72 Å². The average Bonchev–Trinajstić information content (AvgIpc) is 3.19. The van der Waals surface area contributed by atoms with E-state index in [-0.39, 0.29) is 11.6 Å². The number of H-pyrrole nitrogens is 1.